The number of anilines is 1. The molecule has 1 saturated heterocycles. The first-order valence-electron chi connectivity index (χ1n) is 8.73. The van der Waals surface area contributed by atoms with Gasteiger partial charge in [-0.3, -0.25) is 9.59 Å². The van der Waals surface area contributed by atoms with Crippen molar-refractivity contribution in [2.45, 2.75) is 25.6 Å². The van der Waals surface area contributed by atoms with E-state index >= 15 is 0 Å². The Labute approximate surface area is 153 Å². The molecule has 144 valence electrons. The minimum atomic E-state index is -2.84. The summed E-state index contributed by atoms with van der Waals surface area (Å²) in [7, 11) is 1.61. The lowest BCUT2D eigenvalue weighted by Gasteiger charge is -2.39. The van der Waals surface area contributed by atoms with Gasteiger partial charge in [-0.15, -0.1) is 0 Å². The van der Waals surface area contributed by atoms with E-state index in [1.54, 1.807) is 18.9 Å². The van der Waals surface area contributed by atoms with Crippen molar-refractivity contribution in [2.75, 3.05) is 38.2 Å². The van der Waals surface area contributed by atoms with E-state index in [-0.39, 0.29) is 6.42 Å². The van der Waals surface area contributed by atoms with E-state index in [4.69, 9.17) is 10.5 Å². The van der Waals surface area contributed by atoms with Gasteiger partial charge < -0.3 is 30.5 Å². The molecule has 1 aromatic rings. The summed E-state index contributed by atoms with van der Waals surface area (Å²) in [4.78, 5) is 27.8. The van der Waals surface area contributed by atoms with Crippen LogP contribution >= 0.6 is 0 Å². The number of nitrogens with two attached hydrogens (primary N) is 1. The summed E-state index contributed by atoms with van der Waals surface area (Å²) in [6.07, 6.45) is 0.696. The van der Waals surface area contributed by atoms with E-state index in [0.29, 0.717) is 32.6 Å². The highest BCUT2D eigenvalue weighted by atomic mass is 16.5. The van der Waals surface area contributed by atoms with Crippen LogP contribution in [0.4, 0.5) is 5.69 Å². The summed E-state index contributed by atoms with van der Waals surface area (Å²) >= 11 is 0. The second-order valence-electron chi connectivity index (χ2n) is 6.45. The molecule has 2 amide bonds. The normalized spacial score (nSPS) is 16.3. The molecule has 8 heteroatoms. The number of carbonyl (C=O) groups excluding carboxylic acids is 2. The van der Waals surface area contributed by atoms with Crippen molar-refractivity contribution in [1.82, 2.24) is 4.90 Å². The monoisotopic (exact) mass is 365 g/mol. The number of aliphatic hydroxyl groups is 2. The van der Waals surface area contributed by atoms with Crippen LogP contribution in [0.3, 0.4) is 0 Å². The van der Waals surface area contributed by atoms with Gasteiger partial charge in [-0.25, -0.2) is 0 Å². The molecular formula is C18H27N3O5. The minimum absolute atomic E-state index is 0.171. The summed E-state index contributed by atoms with van der Waals surface area (Å²) in [5.74, 6) is -5.10. The molecule has 1 heterocycles. The SMILES string of the molecule is CCCC(C(=O)N1CCN(c2cccc(OC)c2)CC1)C(O)(O)C(N)=O. The topological polar surface area (TPSA) is 116 Å². The average Bonchev–Trinajstić information content (AvgIpc) is 2.65. The van der Waals surface area contributed by atoms with Crippen molar-refractivity contribution < 1.29 is 24.5 Å². The largest absolute Gasteiger partial charge is 0.497 e. The lowest BCUT2D eigenvalue weighted by Crippen LogP contribution is -2.58. The summed E-state index contributed by atoms with van der Waals surface area (Å²) in [6.45, 7) is 3.84. The Morgan fingerprint density at radius 2 is 1.92 bits per heavy atom. The Bertz CT molecular complexity index is 641. The number of nitrogens with zero attached hydrogens (tertiary/aromatic N) is 2. The molecule has 1 aromatic carbocycles. The molecule has 1 fully saturated rings. The van der Waals surface area contributed by atoms with Gasteiger partial charge in [0.05, 0.1) is 7.11 Å². The van der Waals surface area contributed by atoms with Gasteiger partial charge in [0.1, 0.15) is 11.7 Å². The van der Waals surface area contributed by atoms with Crippen LogP contribution in [0.15, 0.2) is 24.3 Å². The maximum Gasteiger partial charge on any atom is 0.278 e. The molecule has 2 rings (SSSR count). The van der Waals surface area contributed by atoms with Crippen LogP contribution in [-0.2, 0) is 9.59 Å². The Morgan fingerprint density at radius 1 is 1.27 bits per heavy atom. The molecular weight excluding hydrogens is 338 g/mol. The maximum absolute atomic E-state index is 12.7. The fraction of sp³-hybridized carbons (Fsp3) is 0.556. The number of ether oxygens (including phenoxy) is 1. The van der Waals surface area contributed by atoms with E-state index in [9.17, 15) is 19.8 Å². The molecule has 0 aromatic heterocycles. The number of methoxy groups -OCH3 is 1. The molecule has 1 unspecified atom stereocenters. The number of rotatable bonds is 7. The van der Waals surface area contributed by atoms with Gasteiger partial charge >= 0.3 is 0 Å². The van der Waals surface area contributed by atoms with Gasteiger partial charge in [-0.05, 0) is 18.6 Å². The molecule has 0 aliphatic carbocycles. The molecule has 4 N–H and O–H groups in total. The standard InChI is InChI=1S/C18H27N3O5/c1-3-5-15(18(24,25)17(19)23)16(22)21-10-8-20(9-11-21)13-6-4-7-14(12-13)26-2/h4,6-7,12,15,24-25H,3,5,8-11H2,1-2H3,(H2,19,23). The zero-order valence-electron chi connectivity index (χ0n) is 15.2. The van der Waals surface area contributed by atoms with Gasteiger partial charge in [-0.1, -0.05) is 19.4 Å². The van der Waals surface area contributed by atoms with E-state index in [2.05, 4.69) is 4.90 Å². The molecule has 1 aliphatic rings. The van der Waals surface area contributed by atoms with E-state index in [1.807, 2.05) is 24.3 Å². The average molecular weight is 365 g/mol. The summed E-state index contributed by atoms with van der Waals surface area (Å²) in [5.41, 5.74) is 6.06. The molecule has 0 radical (unpaired) electrons. The summed E-state index contributed by atoms with van der Waals surface area (Å²) in [6, 6.07) is 7.67. The second kappa shape index (κ2) is 8.37. The van der Waals surface area contributed by atoms with Crippen LogP contribution in [-0.4, -0.2) is 66.0 Å². The van der Waals surface area contributed by atoms with E-state index in [1.165, 1.54) is 0 Å². The van der Waals surface area contributed by atoms with Gasteiger partial charge in [-0.2, -0.15) is 0 Å². The van der Waals surface area contributed by atoms with Crippen LogP contribution in [0.5, 0.6) is 5.75 Å². The van der Waals surface area contributed by atoms with Crippen molar-refractivity contribution >= 4 is 17.5 Å². The van der Waals surface area contributed by atoms with Crippen LogP contribution in [0.1, 0.15) is 19.8 Å². The molecule has 0 bridgehead atoms. The first-order valence-corrected chi connectivity index (χ1v) is 8.73. The van der Waals surface area contributed by atoms with E-state index in [0.717, 1.165) is 11.4 Å². The fourth-order valence-corrected chi connectivity index (χ4v) is 3.17. The smallest absolute Gasteiger partial charge is 0.278 e. The Hall–Kier alpha value is -2.32. The molecule has 26 heavy (non-hydrogen) atoms. The van der Waals surface area contributed by atoms with Crippen LogP contribution in [0, 0.1) is 5.92 Å². The Morgan fingerprint density at radius 3 is 2.46 bits per heavy atom. The van der Waals surface area contributed by atoms with Crippen molar-refractivity contribution in [3.63, 3.8) is 0 Å². The quantitative estimate of drug-likeness (QED) is 0.582. The van der Waals surface area contributed by atoms with Crippen molar-refractivity contribution in [2.24, 2.45) is 11.7 Å². The first kappa shape index (κ1) is 20.0. The third kappa shape index (κ3) is 4.25. The van der Waals surface area contributed by atoms with Gasteiger partial charge in [0, 0.05) is 37.9 Å². The fourth-order valence-electron chi connectivity index (χ4n) is 3.17. The number of amides is 2. The van der Waals surface area contributed by atoms with Crippen molar-refractivity contribution in [1.29, 1.82) is 0 Å². The Balaban J connectivity index is 2.05. The van der Waals surface area contributed by atoms with Gasteiger partial charge in [0.2, 0.25) is 5.91 Å². The highest BCUT2D eigenvalue weighted by molar-refractivity contribution is 5.90. The molecule has 1 aliphatic heterocycles. The zero-order valence-corrected chi connectivity index (χ0v) is 15.2. The van der Waals surface area contributed by atoms with Crippen molar-refractivity contribution in [3.05, 3.63) is 24.3 Å². The van der Waals surface area contributed by atoms with Gasteiger partial charge in [0.15, 0.2) is 0 Å². The van der Waals surface area contributed by atoms with Crippen molar-refractivity contribution in [3.8, 4) is 5.75 Å². The predicted molar refractivity (Wildman–Crippen MR) is 96.5 cm³/mol. The number of carbonyl (C=O) groups is 2. The summed E-state index contributed by atoms with van der Waals surface area (Å²) < 4.78 is 5.23. The molecule has 0 saturated carbocycles. The first-order chi connectivity index (χ1) is 12.3. The number of hydrogen-bond acceptors (Lipinski definition) is 6. The highest BCUT2D eigenvalue weighted by Gasteiger charge is 2.46. The number of piperazine rings is 1. The second-order valence-corrected chi connectivity index (χ2v) is 6.45. The zero-order chi connectivity index (χ0) is 19.3. The summed E-state index contributed by atoms with van der Waals surface area (Å²) in [5, 5.41) is 20.0. The third-order valence-electron chi connectivity index (χ3n) is 4.73. The third-order valence-corrected chi connectivity index (χ3v) is 4.73. The van der Waals surface area contributed by atoms with E-state index < -0.39 is 23.5 Å². The lowest BCUT2D eigenvalue weighted by atomic mass is 9.91. The van der Waals surface area contributed by atoms with Crippen LogP contribution in [0.25, 0.3) is 0 Å². The van der Waals surface area contributed by atoms with Gasteiger partial charge in [0.25, 0.3) is 11.7 Å². The minimum Gasteiger partial charge on any atom is -0.497 e. The molecule has 0 spiro atoms. The number of hydrogen-bond donors (Lipinski definition) is 3. The number of primary amides is 1. The maximum atomic E-state index is 12.7. The molecule has 8 nitrogen and oxygen atoms in total. The lowest BCUT2D eigenvalue weighted by molar-refractivity contribution is -0.208. The Kier molecular flexibility index (Phi) is 6.44. The molecule has 1 atom stereocenters. The van der Waals surface area contributed by atoms with Crippen LogP contribution < -0.4 is 15.4 Å². The highest BCUT2D eigenvalue weighted by Crippen LogP contribution is 2.25. The predicted octanol–water partition coefficient (Wildman–Crippen LogP) is -0.0737. The van der Waals surface area contributed by atoms with Crippen LogP contribution in [0.2, 0.25) is 0 Å². The number of benzene rings is 1.